The lowest BCUT2D eigenvalue weighted by molar-refractivity contribution is -0.115. The number of fused-ring (bicyclic) bond motifs is 2. The molecule has 0 aliphatic carbocycles. The van der Waals surface area contributed by atoms with Crippen LogP contribution in [0.25, 0.3) is 21.8 Å². The number of anilines is 1. The van der Waals surface area contributed by atoms with Gasteiger partial charge in [0.2, 0.25) is 5.91 Å². The molecule has 5 rings (SSSR count). The van der Waals surface area contributed by atoms with Gasteiger partial charge in [-0.25, -0.2) is 17.4 Å². The predicted molar refractivity (Wildman–Crippen MR) is 142 cm³/mol. The molecule has 1 aromatic heterocycles. The zero-order valence-electron chi connectivity index (χ0n) is 18.4. The van der Waals surface area contributed by atoms with Crippen LogP contribution in [0.4, 0.5) is 5.69 Å². The van der Waals surface area contributed by atoms with E-state index in [9.17, 15) is 13.2 Å². The van der Waals surface area contributed by atoms with Gasteiger partial charge in [0.15, 0.2) is 5.16 Å². The number of nitrogens with zero attached hydrogens (tertiary/aromatic N) is 2. The minimum Gasteiger partial charge on any atom is -0.325 e. The van der Waals surface area contributed by atoms with Crippen LogP contribution in [0.1, 0.15) is 6.42 Å². The van der Waals surface area contributed by atoms with E-state index < -0.39 is 10.0 Å². The first kappa shape index (κ1) is 23.4. The van der Waals surface area contributed by atoms with Crippen molar-refractivity contribution < 1.29 is 13.2 Å². The van der Waals surface area contributed by atoms with E-state index in [2.05, 4.69) is 10.3 Å². The second-order valence-electron chi connectivity index (χ2n) is 7.79. The lowest BCUT2D eigenvalue weighted by atomic mass is 10.1. The van der Waals surface area contributed by atoms with E-state index in [1.807, 2.05) is 30.3 Å². The maximum atomic E-state index is 13.8. The van der Waals surface area contributed by atoms with Crippen molar-refractivity contribution in [3.63, 3.8) is 0 Å². The third kappa shape index (κ3) is 4.77. The molecule has 35 heavy (non-hydrogen) atoms. The summed E-state index contributed by atoms with van der Waals surface area (Å²) in [5, 5.41) is 5.34. The summed E-state index contributed by atoms with van der Waals surface area (Å²) >= 11 is 7.33. The molecule has 0 unspecified atom stereocenters. The Morgan fingerprint density at radius 1 is 0.914 bits per heavy atom. The Labute approximate surface area is 212 Å². The molecule has 0 saturated heterocycles. The van der Waals surface area contributed by atoms with E-state index in [0.29, 0.717) is 32.7 Å². The molecule has 176 valence electrons. The first-order valence-corrected chi connectivity index (χ1v) is 13.6. The third-order valence-electron chi connectivity index (χ3n) is 5.46. The number of hydrogen-bond donors (Lipinski definition) is 1. The summed E-state index contributed by atoms with van der Waals surface area (Å²) in [5.74, 6) is 0.123. The smallest absolute Gasteiger partial charge is 0.270 e. The highest BCUT2D eigenvalue weighted by molar-refractivity contribution is 8.00. The van der Waals surface area contributed by atoms with Crippen molar-refractivity contribution in [2.24, 2.45) is 0 Å². The van der Waals surface area contributed by atoms with Crippen LogP contribution in [0.3, 0.4) is 0 Å². The molecule has 4 aromatic carbocycles. The molecule has 0 saturated carbocycles. The molecule has 0 atom stereocenters. The summed E-state index contributed by atoms with van der Waals surface area (Å²) in [6, 6.07) is 26.8. The zero-order chi connectivity index (χ0) is 24.4. The van der Waals surface area contributed by atoms with Crippen molar-refractivity contribution >= 4 is 66.8 Å². The first-order valence-electron chi connectivity index (χ1n) is 10.8. The van der Waals surface area contributed by atoms with Crippen molar-refractivity contribution in [3.05, 3.63) is 96.0 Å². The van der Waals surface area contributed by atoms with Crippen LogP contribution < -0.4 is 5.32 Å². The zero-order valence-corrected chi connectivity index (χ0v) is 20.8. The van der Waals surface area contributed by atoms with E-state index in [4.69, 9.17) is 11.6 Å². The fourth-order valence-corrected chi connectivity index (χ4v) is 6.62. The van der Waals surface area contributed by atoms with Gasteiger partial charge in [-0.05, 0) is 47.2 Å². The van der Waals surface area contributed by atoms with Gasteiger partial charge < -0.3 is 5.32 Å². The van der Waals surface area contributed by atoms with Gasteiger partial charge in [-0.15, -0.1) is 0 Å². The molecule has 0 aliphatic heterocycles. The molecule has 6 nitrogen and oxygen atoms in total. The van der Waals surface area contributed by atoms with Crippen LogP contribution in [0, 0.1) is 0 Å². The Hall–Kier alpha value is -3.33. The summed E-state index contributed by atoms with van der Waals surface area (Å²) in [6.45, 7) is 0. The van der Waals surface area contributed by atoms with Gasteiger partial charge in [0.05, 0.1) is 26.6 Å². The van der Waals surface area contributed by atoms with E-state index >= 15 is 0 Å². The van der Waals surface area contributed by atoms with Crippen LogP contribution in [0.15, 0.2) is 101 Å². The van der Waals surface area contributed by atoms with Gasteiger partial charge in [0.1, 0.15) is 0 Å². The van der Waals surface area contributed by atoms with Gasteiger partial charge in [-0.3, -0.25) is 4.79 Å². The van der Waals surface area contributed by atoms with Crippen molar-refractivity contribution in [1.29, 1.82) is 0 Å². The highest BCUT2D eigenvalue weighted by Crippen LogP contribution is 2.30. The average molecular weight is 522 g/mol. The summed E-state index contributed by atoms with van der Waals surface area (Å²) in [6.07, 6.45) is 0.162. The summed E-state index contributed by atoms with van der Waals surface area (Å²) in [5.41, 5.74) is 1.60. The molecular weight excluding hydrogens is 502 g/mol. The monoisotopic (exact) mass is 521 g/mol. The number of para-hydroxylation sites is 3. The molecular formula is C26H20ClN3O3S2. The second kappa shape index (κ2) is 9.73. The van der Waals surface area contributed by atoms with Gasteiger partial charge in [0, 0.05) is 12.2 Å². The first-order chi connectivity index (χ1) is 16.9. The number of benzene rings is 4. The van der Waals surface area contributed by atoms with Crippen molar-refractivity contribution in [3.8, 4) is 0 Å². The molecule has 1 amide bonds. The standard InChI is InChI=1S/C26H20ClN3O3S2/c27-21-9-3-4-10-22(21)28-25(31)15-16-34-26-29-23-11-5-6-12-24(23)30(26)35(32,33)20-14-13-18-7-1-2-8-19(18)17-20/h1-14,17H,15-16H2,(H,28,31). The van der Waals surface area contributed by atoms with Crippen molar-refractivity contribution in [1.82, 2.24) is 8.96 Å². The van der Waals surface area contributed by atoms with Crippen LogP contribution in [0.5, 0.6) is 0 Å². The average Bonchev–Trinajstić information content (AvgIpc) is 3.24. The molecule has 0 bridgehead atoms. The fraction of sp³-hybridized carbons (Fsp3) is 0.0769. The molecule has 0 radical (unpaired) electrons. The number of halogens is 1. The third-order valence-corrected chi connectivity index (χ3v) is 8.54. The van der Waals surface area contributed by atoms with Crippen molar-refractivity contribution in [2.75, 3.05) is 11.1 Å². The number of rotatable bonds is 7. The van der Waals surface area contributed by atoms with Gasteiger partial charge in [0.25, 0.3) is 10.0 Å². The number of thioether (sulfide) groups is 1. The molecule has 0 fully saturated rings. The molecule has 5 aromatic rings. The largest absolute Gasteiger partial charge is 0.325 e. The van der Waals surface area contributed by atoms with Crippen molar-refractivity contribution in [2.45, 2.75) is 16.5 Å². The molecule has 1 heterocycles. The summed E-state index contributed by atoms with van der Waals surface area (Å²) in [4.78, 5) is 17.2. The Morgan fingerprint density at radius 3 is 2.46 bits per heavy atom. The minimum atomic E-state index is -3.93. The Kier molecular flexibility index (Phi) is 6.51. The molecule has 9 heteroatoms. The highest BCUT2D eigenvalue weighted by Gasteiger charge is 2.25. The topological polar surface area (TPSA) is 81.1 Å². The number of nitrogens with one attached hydrogen (secondary N) is 1. The normalized spacial score (nSPS) is 11.7. The van der Waals surface area contributed by atoms with E-state index in [1.54, 1.807) is 60.7 Å². The quantitative estimate of drug-likeness (QED) is 0.258. The number of carbonyl (C=O) groups is 1. The lowest BCUT2D eigenvalue weighted by Crippen LogP contribution is -2.15. The molecule has 0 aliphatic rings. The number of imidazole rings is 1. The van der Waals surface area contributed by atoms with E-state index in [1.165, 1.54) is 15.7 Å². The van der Waals surface area contributed by atoms with Gasteiger partial charge >= 0.3 is 0 Å². The number of aromatic nitrogens is 2. The minimum absolute atomic E-state index is 0.162. The Balaban J connectivity index is 1.43. The summed E-state index contributed by atoms with van der Waals surface area (Å²) < 4.78 is 28.8. The number of amides is 1. The van der Waals surface area contributed by atoms with Crippen LogP contribution in [-0.4, -0.2) is 29.0 Å². The van der Waals surface area contributed by atoms with Gasteiger partial charge in [-0.2, -0.15) is 0 Å². The van der Waals surface area contributed by atoms with E-state index in [-0.39, 0.29) is 17.2 Å². The maximum Gasteiger partial charge on any atom is 0.270 e. The summed E-state index contributed by atoms with van der Waals surface area (Å²) in [7, 11) is -3.93. The maximum absolute atomic E-state index is 13.8. The predicted octanol–water partition coefficient (Wildman–Crippen LogP) is 6.20. The van der Waals surface area contributed by atoms with E-state index in [0.717, 1.165) is 10.8 Å². The molecule has 1 N–H and O–H groups in total. The number of hydrogen-bond acceptors (Lipinski definition) is 5. The second-order valence-corrected chi connectivity index (χ2v) is 11.0. The highest BCUT2D eigenvalue weighted by atomic mass is 35.5. The Bertz CT molecular complexity index is 1670. The molecule has 0 spiro atoms. The lowest BCUT2D eigenvalue weighted by Gasteiger charge is -2.11. The Morgan fingerprint density at radius 2 is 1.63 bits per heavy atom. The van der Waals surface area contributed by atoms with Crippen LogP contribution in [0.2, 0.25) is 5.02 Å². The fourth-order valence-electron chi connectivity index (χ4n) is 3.75. The number of carbonyl (C=O) groups excluding carboxylic acids is 1. The van der Waals surface area contributed by atoms with Crippen LogP contribution >= 0.6 is 23.4 Å². The van der Waals surface area contributed by atoms with Crippen LogP contribution in [-0.2, 0) is 14.8 Å². The SMILES string of the molecule is O=C(CCSc1nc2ccccc2n1S(=O)(=O)c1ccc2ccccc2c1)Nc1ccccc1Cl. The van der Waals surface area contributed by atoms with Gasteiger partial charge in [-0.1, -0.05) is 78.0 Å².